The lowest BCUT2D eigenvalue weighted by Gasteiger charge is -2.31. The fourth-order valence-electron chi connectivity index (χ4n) is 2.44. The van der Waals surface area contributed by atoms with Gasteiger partial charge >= 0.3 is 0 Å². The third-order valence-corrected chi connectivity index (χ3v) is 3.40. The topological polar surface area (TPSA) is 88.1 Å². The van der Waals surface area contributed by atoms with Crippen molar-refractivity contribution < 1.29 is 14.9 Å². The van der Waals surface area contributed by atoms with Gasteiger partial charge in [0.15, 0.2) is 0 Å². The number of hydrogen-bond donors (Lipinski definition) is 3. The second kappa shape index (κ2) is 4.86. The van der Waals surface area contributed by atoms with E-state index in [1.807, 2.05) is 30.3 Å². The van der Waals surface area contributed by atoms with Crippen LogP contribution in [-0.2, 0) is 0 Å². The number of nitrogens with two attached hydrogens (primary N) is 1. The predicted octanol–water partition coefficient (Wildman–Crippen LogP) is 1.87. The summed E-state index contributed by atoms with van der Waals surface area (Å²) < 4.78 is 5.60. The SMILES string of the molecule is NN=C1Oc2cc(O)ccc2C(O)C1c1ccccc1. The molecule has 0 saturated heterocycles. The molecule has 102 valence electrons. The summed E-state index contributed by atoms with van der Waals surface area (Å²) in [7, 11) is 0. The number of phenolic OH excluding ortho intramolecular Hbond substituents is 1. The largest absolute Gasteiger partial charge is 0.508 e. The summed E-state index contributed by atoms with van der Waals surface area (Å²) in [5.41, 5.74) is 1.46. The number of hydrogen-bond acceptors (Lipinski definition) is 5. The molecule has 0 fully saturated rings. The van der Waals surface area contributed by atoms with Crippen LogP contribution < -0.4 is 10.6 Å². The second-order valence-electron chi connectivity index (χ2n) is 4.62. The summed E-state index contributed by atoms with van der Waals surface area (Å²) in [6, 6.07) is 14.0. The average molecular weight is 270 g/mol. The fourth-order valence-corrected chi connectivity index (χ4v) is 2.44. The van der Waals surface area contributed by atoms with E-state index in [1.165, 1.54) is 12.1 Å². The highest BCUT2D eigenvalue weighted by atomic mass is 16.5. The van der Waals surface area contributed by atoms with Crippen LogP contribution in [0.4, 0.5) is 0 Å². The van der Waals surface area contributed by atoms with Gasteiger partial charge < -0.3 is 20.8 Å². The highest BCUT2D eigenvalue weighted by molar-refractivity contribution is 5.88. The van der Waals surface area contributed by atoms with Crippen LogP contribution >= 0.6 is 0 Å². The van der Waals surface area contributed by atoms with Crippen molar-refractivity contribution >= 4 is 5.90 Å². The minimum absolute atomic E-state index is 0.0606. The highest BCUT2D eigenvalue weighted by Crippen LogP contribution is 2.42. The lowest BCUT2D eigenvalue weighted by Crippen LogP contribution is -2.31. The molecule has 0 bridgehead atoms. The molecular formula is C15H14N2O3. The van der Waals surface area contributed by atoms with E-state index < -0.39 is 12.0 Å². The summed E-state index contributed by atoms with van der Waals surface area (Å²) in [6.45, 7) is 0. The molecule has 2 unspecified atom stereocenters. The van der Waals surface area contributed by atoms with Crippen LogP contribution in [0.2, 0.25) is 0 Å². The maximum atomic E-state index is 10.6. The van der Waals surface area contributed by atoms with Crippen molar-refractivity contribution in [2.75, 3.05) is 0 Å². The molecule has 1 aliphatic rings. The van der Waals surface area contributed by atoms with Gasteiger partial charge in [0, 0.05) is 11.6 Å². The Kier molecular flexibility index (Phi) is 3.04. The number of rotatable bonds is 1. The zero-order valence-electron chi connectivity index (χ0n) is 10.6. The van der Waals surface area contributed by atoms with Crippen molar-refractivity contribution in [3.63, 3.8) is 0 Å². The molecule has 5 heteroatoms. The number of aliphatic hydroxyl groups is 1. The zero-order chi connectivity index (χ0) is 14.1. The molecule has 2 atom stereocenters. The van der Waals surface area contributed by atoms with Gasteiger partial charge in [-0.05, 0) is 17.7 Å². The smallest absolute Gasteiger partial charge is 0.222 e. The van der Waals surface area contributed by atoms with E-state index >= 15 is 0 Å². The number of phenols is 1. The molecule has 20 heavy (non-hydrogen) atoms. The quantitative estimate of drug-likeness (QED) is 0.545. The molecule has 1 aliphatic heterocycles. The minimum Gasteiger partial charge on any atom is -0.508 e. The summed E-state index contributed by atoms with van der Waals surface area (Å²) >= 11 is 0. The molecular weight excluding hydrogens is 256 g/mol. The van der Waals surface area contributed by atoms with Crippen LogP contribution in [0, 0.1) is 0 Å². The molecule has 5 nitrogen and oxygen atoms in total. The Morgan fingerprint density at radius 1 is 1.10 bits per heavy atom. The van der Waals surface area contributed by atoms with Crippen molar-refractivity contribution in [3.8, 4) is 11.5 Å². The molecule has 0 saturated carbocycles. The number of aromatic hydroxyl groups is 1. The maximum absolute atomic E-state index is 10.6. The molecule has 0 aromatic heterocycles. The number of nitrogens with zero attached hydrogens (tertiary/aromatic N) is 1. The lowest BCUT2D eigenvalue weighted by molar-refractivity contribution is 0.149. The molecule has 0 amide bonds. The molecule has 0 spiro atoms. The first-order valence-corrected chi connectivity index (χ1v) is 6.22. The summed E-state index contributed by atoms with van der Waals surface area (Å²) in [5.74, 6) is 5.57. The molecule has 2 aromatic rings. The molecule has 1 heterocycles. The van der Waals surface area contributed by atoms with E-state index in [9.17, 15) is 10.2 Å². The summed E-state index contributed by atoms with van der Waals surface area (Å²) in [6.07, 6.45) is -0.830. The van der Waals surface area contributed by atoms with Gasteiger partial charge in [0.2, 0.25) is 5.90 Å². The number of benzene rings is 2. The van der Waals surface area contributed by atoms with Crippen molar-refractivity contribution in [1.82, 2.24) is 0 Å². The van der Waals surface area contributed by atoms with Gasteiger partial charge in [-0.25, -0.2) is 0 Å². The zero-order valence-corrected chi connectivity index (χ0v) is 10.6. The lowest BCUT2D eigenvalue weighted by atomic mass is 9.86. The van der Waals surface area contributed by atoms with E-state index in [0.29, 0.717) is 11.3 Å². The van der Waals surface area contributed by atoms with Crippen LogP contribution in [-0.4, -0.2) is 16.1 Å². The number of aliphatic hydroxyl groups excluding tert-OH is 1. The van der Waals surface area contributed by atoms with E-state index in [1.54, 1.807) is 6.07 Å². The normalized spacial score (nSPS) is 23.1. The van der Waals surface area contributed by atoms with E-state index in [-0.39, 0.29) is 11.6 Å². The third-order valence-electron chi connectivity index (χ3n) is 3.40. The van der Waals surface area contributed by atoms with Crippen LogP contribution in [0.5, 0.6) is 11.5 Å². The Morgan fingerprint density at radius 2 is 1.85 bits per heavy atom. The molecule has 0 aliphatic carbocycles. The first-order valence-electron chi connectivity index (χ1n) is 6.22. The van der Waals surface area contributed by atoms with Crippen LogP contribution in [0.1, 0.15) is 23.1 Å². The van der Waals surface area contributed by atoms with E-state index in [0.717, 1.165) is 5.56 Å². The van der Waals surface area contributed by atoms with Gasteiger partial charge in [-0.1, -0.05) is 30.3 Å². The molecule has 2 aromatic carbocycles. The van der Waals surface area contributed by atoms with Crippen molar-refractivity contribution in [2.45, 2.75) is 12.0 Å². The van der Waals surface area contributed by atoms with E-state index in [2.05, 4.69) is 5.10 Å². The van der Waals surface area contributed by atoms with Gasteiger partial charge in [-0.15, -0.1) is 5.10 Å². The van der Waals surface area contributed by atoms with Crippen molar-refractivity contribution in [2.24, 2.45) is 10.9 Å². The van der Waals surface area contributed by atoms with E-state index in [4.69, 9.17) is 10.6 Å². The van der Waals surface area contributed by atoms with Gasteiger partial charge in [0.25, 0.3) is 0 Å². The van der Waals surface area contributed by atoms with Crippen LogP contribution in [0.3, 0.4) is 0 Å². The standard InChI is InChI=1S/C15H14N2O3/c16-17-15-13(9-4-2-1-3-5-9)14(19)11-7-6-10(18)8-12(11)20-15/h1-8,13-14,18-19H,16H2. The molecule has 3 rings (SSSR count). The second-order valence-corrected chi connectivity index (χ2v) is 4.62. The fraction of sp³-hybridized carbons (Fsp3) is 0.133. The van der Waals surface area contributed by atoms with Crippen molar-refractivity contribution in [1.29, 1.82) is 0 Å². The van der Waals surface area contributed by atoms with Crippen LogP contribution in [0.15, 0.2) is 53.6 Å². The van der Waals surface area contributed by atoms with Gasteiger partial charge in [-0.2, -0.15) is 0 Å². The number of fused-ring (bicyclic) bond motifs is 1. The Balaban J connectivity index is 2.10. The first kappa shape index (κ1) is 12.5. The molecule has 4 N–H and O–H groups in total. The minimum atomic E-state index is -0.830. The summed E-state index contributed by atoms with van der Waals surface area (Å²) in [5, 5.41) is 23.7. The number of hydrazone groups is 1. The maximum Gasteiger partial charge on any atom is 0.222 e. The first-order chi connectivity index (χ1) is 9.70. The van der Waals surface area contributed by atoms with Crippen molar-refractivity contribution in [3.05, 3.63) is 59.7 Å². The highest BCUT2D eigenvalue weighted by Gasteiger charge is 2.36. The van der Waals surface area contributed by atoms with Crippen LogP contribution in [0.25, 0.3) is 0 Å². The Hall–Kier alpha value is -2.53. The summed E-state index contributed by atoms with van der Waals surface area (Å²) in [4.78, 5) is 0. The average Bonchev–Trinajstić information content (AvgIpc) is 2.47. The van der Waals surface area contributed by atoms with Gasteiger partial charge in [0.1, 0.15) is 11.5 Å². The Labute approximate surface area is 115 Å². The Bertz CT molecular complexity index is 655. The van der Waals surface area contributed by atoms with Gasteiger partial charge in [-0.3, -0.25) is 0 Å². The number of ether oxygens (including phenoxy) is 1. The Morgan fingerprint density at radius 3 is 2.55 bits per heavy atom. The molecule has 0 radical (unpaired) electrons. The van der Waals surface area contributed by atoms with Gasteiger partial charge in [0.05, 0.1) is 12.0 Å². The monoisotopic (exact) mass is 270 g/mol. The predicted molar refractivity (Wildman–Crippen MR) is 74.5 cm³/mol. The third kappa shape index (κ3) is 1.98.